The lowest BCUT2D eigenvalue weighted by Crippen LogP contribution is -2.42. The van der Waals surface area contributed by atoms with Crippen molar-refractivity contribution in [1.82, 2.24) is 19.1 Å². The van der Waals surface area contributed by atoms with Gasteiger partial charge in [0.1, 0.15) is 36.3 Å². The van der Waals surface area contributed by atoms with Crippen molar-refractivity contribution in [3.63, 3.8) is 0 Å². The monoisotopic (exact) mass is 626 g/mol. The summed E-state index contributed by atoms with van der Waals surface area (Å²) in [4.78, 5) is 62.2. The van der Waals surface area contributed by atoms with Crippen molar-refractivity contribution in [2.45, 2.75) is 49.1 Å². The zero-order chi connectivity index (χ0) is 30.9. The summed E-state index contributed by atoms with van der Waals surface area (Å²) in [7, 11) is -5.08. The van der Waals surface area contributed by atoms with Crippen LogP contribution in [0.1, 0.15) is 12.5 Å². The Labute approximate surface area is 239 Å². The minimum atomic E-state index is -5.08. The molecule has 43 heavy (non-hydrogen) atoms. The summed E-state index contributed by atoms with van der Waals surface area (Å²) < 4.78 is 42.4. The van der Waals surface area contributed by atoms with E-state index in [1.165, 1.54) is 0 Å². The van der Waals surface area contributed by atoms with Crippen molar-refractivity contribution in [2.24, 2.45) is 0 Å². The standard InChI is InChI=1S/C24H27N4O14P/c29-10-13-19(20(39-12-4-2-1-3-5-12)22(40-13)28-9-7-16(31)26-24(28)35)42-43(36,37)38-11-14-17(32)18(33)21(41-14)27-8-6-15(30)25-23(27)34/h1-9,13-14,17-22,29,32-33H,10-11H2,(H,36,37)(H,25,30,34)(H,26,31,35)/t13-,14-,17-,18-,19-,20-,21-,22-/m1/s1. The lowest BCUT2D eigenvalue weighted by atomic mass is 10.1. The third-order valence-electron chi connectivity index (χ3n) is 6.73. The third kappa shape index (κ3) is 6.62. The predicted octanol–water partition coefficient (Wildman–Crippen LogP) is -2.45. The maximum atomic E-state index is 13.1. The van der Waals surface area contributed by atoms with E-state index in [0.717, 1.165) is 33.7 Å². The first-order valence-electron chi connectivity index (χ1n) is 12.8. The van der Waals surface area contributed by atoms with Crippen LogP contribution in [0.3, 0.4) is 0 Å². The van der Waals surface area contributed by atoms with Crippen molar-refractivity contribution in [1.29, 1.82) is 0 Å². The van der Waals surface area contributed by atoms with Gasteiger partial charge < -0.3 is 34.4 Å². The molecule has 0 bridgehead atoms. The maximum absolute atomic E-state index is 13.1. The fourth-order valence-electron chi connectivity index (χ4n) is 4.69. The van der Waals surface area contributed by atoms with Gasteiger partial charge >= 0.3 is 19.2 Å². The normalized spacial score (nSPS) is 30.2. The number of ether oxygens (including phenoxy) is 3. The second kappa shape index (κ2) is 12.5. The SMILES string of the molecule is O=c1ccn([C@@H]2O[C@H](COP(=O)(O)O[C@H]3[C@@H](Oc4ccccc4)[C@H](n4ccc(=O)[nH]c4=O)O[C@@H]3CO)[C@@H](O)[C@H]2O)c(=O)[nH]1. The highest BCUT2D eigenvalue weighted by molar-refractivity contribution is 7.47. The van der Waals surface area contributed by atoms with Crippen LogP contribution in [0.15, 0.2) is 74.0 Å². The molecule has 0 aliphatic carbocycles. The van der Waals surface area contributed by atoms with Gasteiger partial charge in [0.2, 0.25) is 0 Å². The average molecular weight is 626 g/mol. The van der Waals surface area contributed by atoms with Crippen LogP contribution in [0.5, 0.6) is 5.75 Å². The Morgan fingerprint density at radius 1 is 0.814 bits per heavy atom. The highest BCUT2D eigenvalue weighted by Crippen LogP contribution is 2.49. The van der Waals surface area contributed by atoms with Crippen molar-refractivity contribution in [3.8, 4) is 5.75 Å². The molecule has 19 heteroatoms. The number of phosphoric acid groups is 1. The number of hydrogen-bond donors (Lipinski definition) is 6. The average Bonchev–Trinajstić information content (AvgIpc) is 3.43. The highest BCUT2D eigenvalue weighted by Gasteiger charge is 2.52. The molecule has 6 N–H and O–H groups in total. The van der Waals surface area contributed by atoms with Crippen molar-refractivity contribution >= 4 is 7.82 Å². The summed E-state index contributed by atoms with van der Waals surface area (Å²) in [5.74, 6) is 0.250. The van der Waals surface area contributed by atoms with E-state index in [4.69, 9.17) is 23.3 Å². The summed E-state index contributed by atoms with van der Waals surface area (Å²) in [5.41, 5.74) is -3.21. The van der Waals surface area contributed by atoms with Crippen LogP contribution in [0.25, 0.3) is 0 Å². The molecule has 2 aliphatic heterocycles. The van der Waals surface area contributed by atoms with E-state index >= 15 is 0 Å². The summed E-state index contributed by atoms with van der Waals surface area (Å²) in [6.45, 7) is -1.56. The number of nitrogens with zero attached hydrogens (tertiary/aromatic N) is 2. The number of benzene rings is 1. The number of aromatic amines is 2. The van der Waals surface area contributed by atoms with E-state index in [9.17, 15) is 44.0 Å². The Bertz CT molecular complexity index is 1710. The lowest BCUT2D eigenvalue weighted by molar-refractivity contribution is -0.0615. The summed E-state index contributed by atoms with van der Waals surface area (Å²) in [6, 6.07) is 10.1. The molecule has 9 atom stereocenters. The zero-order valence-electron chi connectivity index (χ0n) is 21.9. The van der Waals surface area contributed by atoms with E-state index in [1.807, 2.05) is 4.98 Å². The number of aliphatic hydroxyl groups is 3. The molecular weight excluding hydrogens is 599 g/mol. The maximum Gasteiger partial charge on any atom is 0.472 e. The van der Waals surface area contributed by atoms with Gasteiger partial charge in [-0.2, -0.15) is 0 Å². The van der Waals surface area contributed by atoms with Crippen molar-refractivity contribution in [3.05, 3.63) is 96.5 Å². The first kappa shape index (κ1) is 30.7. The number of rotatable bonds is 10. The number of para-hydroxylation sites is 1. The smallest absolute Gasteiger partial charge is 0.472 e. The van der Waals surface area contributed by atoms with Crippen LogP contribution < -0.4 is 27.2 Å². The first-order valence-corrected chi connectivity index (χ1v) is 14.3. The number of hydrogen-bond acceptors (Lipinski definition) is 13. The van der Waals surface area contributed by atoms with Crippen LogP contribution in [0.4, 0.5) is 0 Å². The number of phosphoric ester groups is 1. The van der Waals surface area contributed by atoms with Crippen molar-refractivity contribution < 1.29 is 48.0 Å². The number of H-pyrrole nitrogens is 2. The Morgan fingerprint density at radius 2 is 1.40 bits per heavy atom. The van der Waals surface area contributed by atoms with Crippen LogP contribution in [0.2, 0.25) is 0 Å². The van der Waals surface area contributed by atoms with Gasteiger partial charge in [0.05, 0.1) is 13.2 Å². The van der Waals surface area contributed by atoms with Gasteiger partial charge in [-0.05, 0) is 12.1 Å². The number of nitrogens with one attached hydrogen (secondary N) is 2. The van der Waals surface area contributed by atoms with Crippen LogP contribution in [-0.2, 0) is 23.1 Å². The van der Waals surface area contributed by atoms with Gasteiger partial charge in [-0.3, -0.25) is 37.7 Å². The molecule has 18 nitrogen and oxygen atoms in total. The van der Waals surface area contributed by atoms with Gasteiger partial charge in [0.15, 0.2) is 18.6 Å². The molecular formula is C24H27N4O14P. The molecule has 0 amide bonds. The molecule has 0 spiro atoms. The van der Waals surface area contributed by atoms with Crippen molar-refractivity contribution in [2.75, 3.05) is 13.2 Å². The van der Waals surface area contributed by atoms with E-state index < -0.39 is 92.6 Å². The minimum absolute atomic E-state index is 0.250. The Kier molecular flexibility index (Phi) is 8.93. The van der Waals surface area contributed by atoms with Gasteiger partial charge in [0.25, 0.3) is 11.1 Å². The topological polar surface area (TPSA) is 254 Å². The molecule has 0 saturated carbocycles. The third-order valence-corrected chi connectivity index (χ3v) is 7.71. The first-order chi connectivity index (χ1) is 20.5. The zero-order valence-corrected chi connectivity index (χ0v) is 22.8. The Morgan fingerprint density at radius 3 is 1.98 bits per heavy atom. The van der Waals surface area contributed by atoms with E-state index in [1.54, 1.807) is 30.3 Å². The Balaban J connectivity index is 1.34. The molecule has 5 rings (SSSR count). The van der Waals surface area contributed by atoms with E-state index in [2.05, 4.69) is 4.98 Å². The van der Waals surface area contributed by atoms with Crippen LogP contribution in [0, 0.1) is 0 Å². The Hall–Kier alpha value is -3.71. The van der Waals surface area contributed by atoms with Crippen LogP contribution in [-0.4, -0.2) is 89.2 Å². The number of aromatic nitrogens is 4. The van der Waals surface area contributed by atoms with Gasteiger partial charge in [-0.25, -0.2) is 14.2 Å². The molecule has 1 aromatic carbocycles. The van der Waals surface area contributed by atoms with E-state index in [-0.39, 0.29) is 5.75 Å². The molecule has 4 heterocycles. The summed E-state index contributed by atoms with van der Waals surface area (Å²) >= 11 is 0. The summed E-state index contributed by atoms with van der Waals surface area (Å²) in [6.07, 6.45) is -9.66. The largest absolute Gasteiger partial charge is 0.483 e. The number of aliphatic hydroxyl groups excluding tert-OH is 3. The molecule has 2 saturated heterocycles. The van der Waals surface area contributed by atoms with Gasteiger partial charge in [-0.15, -0.1) is 0 Å². The molecule has 2 aliphatic rings. The minimum Gasteiger partial charge on any atom is -0.483 e. The van der Waals surface area contributed by atoms with Crippen LogP contribution >= 0.6 is 7.82 Å². The quantitative estimate of drug-likeness (QED) is 0.128. The predicted molar refractivity (Wildman–Crippen MR) is 141 cm³/mol. The van der Waals surface area contributed by atoms with Gasteiger partial charge in [0, 0.05) is 24.5 Å². The molecule has 3 aromatic rings. The highest BCUT2D eigenvalue weighted by atomic mass is 31.2. The lowest BCUT2D eigenvalue weighted by Gasteiger charge is -2.27. The second-order valence-electron chi connectivity index (χ2n) is 9.56. The molecule has 2 aromatic heterocycles. The summed E-state index contributed by atoms with van der Waals surface area (Å²) in [5, 5.41) is 30.8. The van der Waals surface area contributed by atoms with E-state index in [0.29, 0.717) is 0 Å². The molecule has 0 radical (unpaired) electrons. The fourth-order valence-corrected chi connectivity index (χ4v) is 5.65. The molecule has 2 fully saturated rings. The fraction of sp³-hybridized carbons (Fsp3) is 0.417. The molecule has 1 unspecified atom stereocenters. The second-order valence-corrected chi connectivity index (χ2v) is 11.0. The molecule has 232 valence electrons. The van der Waals surface area contributed by atoms with Gasteiger partial charge in [-0.1, -0.05) is 18.2 Å².